The number of halogens is 3. The van der Waals surface area contributed by atoms with Gasteiger partial charge in [0, 0.05) is 17.0 Å². The fourth-order valence-electron chi connectivity index (χ4n) is 3.58. The normalized spacial score (nSPS) is 14.6. The zero-order valence-corrected chi connectivity index (χ0v) is 19.5. The van der Waals surface area contributed by atoms with Crippen LogP contribution in [-0.2, 0) is 22.3 Å². The van der Waals surface area contributed by atoms with Crippen LogP contribution in [0.5, 0.6) is 5.75 Å². The van der Waals surface area contributed by atoms with Crippen molar-refractivity contribution in [3.8, 4) is 5.75 Å². The number of rotatable bonds is 6. The number of benzene rings is 3. The van der Waals surface area contributed by atoms with Crippen LogP contribution in [0.1, 0.15) is 16.7 Å². The maximum atomic E-state index is 13.3. The molecule has 0 saturated carbocycles. The topological polar surface area (TPSA) is 58.6 Å². The van der Waals surface area contributed by atoms with Gasteiger partial charge in [0.15, 0.2) is 0 Å². The number of hydrogen-bond acceptors (Lipinski definition) is 4. The lowest BCUT2D eigenvalue weighted by atomic mass is 10.1. The minimum Gasteiger partial charge on any atom is -0.496 e. The van der Waals surface area contributed by atoms with E-state index in [1.54, 1.807) is 25.3 Å². The first kappa shape index (κ1) is 24.4. The lowest BCUT2D eigenvalue weighted by Crippen LogP contribution is -2.42. The number of anilines is 1. The van der Waals surface area contributed by atoms with Gasteiger partial charge in [-0.3, -0.25) is 14.5 Å². The number of carbonyl (C=O) groups excluding carboxylic acids is 2. The molecular formula is C26H21F3N2O3S. The highest BCUT2D eigenvalue weighted by Crippen LogP contribution is 2.42. The molecular weight excluding hydrogens is 477 g/mol. The quantitative estimate of drug-likeness (QED) is 0.456. The van der Waals surface area contributed by atoms with Gasteiger partial charge < -0.3 is 10.1 Å². The third-order valence-corrected chi connectivity index (χ3v) is 6.42. The first-order chi connectivity index (χ1) is 16.8. The molecule has 35 heavy (non-hydrogen) atoms. The molecule has 0 bridgehead atoms. The van der Waals surface area contributed by atoms with Gasteiger partial charge in [-0.2, -0.15) is 13.2 Å². The highest BCUT2D eigenvalue weighted by atomic mass is 32.2. The molecule has 0 aliphatic carbocycles. The number of hydrogen-bond donors (Lipinski definition) is 1. The van der Waals surface area contributed by atoms with Crippen molar-refractivity contribution in [2.75, 3.05) is 18.6 Å². The van der Waals surface area contributed by atoms with Crippen LogP contribution in [0.25, 0.3) is 6.08 Å². The van der Waals surface area contributed by atoms with Crippen molar-refractivity contribution in [2.24, 2.45) is 0 Å². The van der Waals surface area contributed by atoms with Crippen LogP contribution >= 0.6 is 11.8 Å². The molecule has 0 unspecified atom stereocenters. The third kappa shape index (κ3) is 5.68. The van der Waals surface area contributed by atoms with E-state index in [4.69, 9.17) is 4.74 Å². The van der Waals surface area contributed by atoms with Gasteiger partial charge in [0.25, 0.3) is 5.91 Å². The molecule has 0 saturated heterocycles. The summed E-state index contributed by atoms with van der Waals surface area (Å²) in [6.07, 6.45) is -2.91. The summed E-state index contributed by atoms with van der Waals surface area (Å²) >= 11 is 1.22. The summed E-state index contributed by atoms with van der Waals surface area (Å²) in [5.74, 6) is -0.119. The number of amides is 2. The lowest BCUT2D eigenvalue weighted by Gasteiger charge is -2.29. The van der Waals surface area contributed by atoms with Crippen LogP contribution in [0.3, 0.4) is 0 Å². The van der Waals surface area contributed by atoms with Crippen LogP contribution in [-0.4, -0.2) is 25.5 Å². The van der Waals surface area contributed by atoms with E-state index in [2.05, 4.69) is 5.32 Å². The first-order valence-corrected chi connectivity index (χ1v) is 11.4. The molecule has 0 aromatic heterocycles. The van der Waals surface area contributed by atoms with Crippen molar-refractivity contribution in [3.05, 3.63) is 94.4 Å². The maximum absolute atomic E-state index is 13.3. The SMILES string of the molecule is COc1ccccc1CNC(=O)CN1C(=O)C(=Cc2ccc(C(F)(F)F)cc2)Sc2ccccc21. The van der Waals surface area contributed by atoms with E-state index >= 15 is 0 Å². The van der Waals surface area contributed by atoms with Gasteiger partial charge in [-0.15, -0.1) is 0 Å². The van der Waals surface area contributed by atoms with Crippen LogP contribution < -0.4 is 15.0 Å². The average molecular weight is 499 g/mol. The number of thioether (sulfide) groups is 1. The number of fused-ring (bicyclic) bond motifs is 1. The number of ether oxygens (including phenoxy) is 1. The smallest absolute Gasteiger partial charge is 0.416 e. The van der Waals surface area contributed by atoms with Crippen LogP contribution in [0.4, 0.5) is 18.9 Å². The highest BCUT2D eigenvalue weighted by Gasteiger charge is 2.31. The zero-order valence-electron chi connectivity index (χ0n) is 18.6. The molecule has 1 aliphatic heterocycles. The Balaban J connectivity index is 1.54. The molecule has 0 atom stereocenters. The first-order valence-electron chi connectivity index (χ1n) is 10.6. The van der Waals surface area contributed by atoms with Gasteiger partial charge in [-0.25, -0.2) is 0 Å². The van der Waals surface area contributed by atoms with E-state index < -0.39 is 17.6 Å². The van der Waals surface area contributed by atoms with E-state index in [0.717, 1.165) is 22.6 Å². The predicted molar refractivity (Wildman–Crippen MR) is 129 cm³/mol. The molecule has 1 heterocycles. The second-order valence-electron chi connectivity index (χ2n) is 7.68. The Labute approximate surface area is 204 Å². The molecule has 3 aromatic carbocycles. The van der Waals surface area contributed by atoms with Crippen LogP contribution in [0.2, 0.25) is 0 Å². The molecule has 1 N–H and O–H groups in total. The van der Waals surface area contributed by atoms with Crippen molar-refractivity contribution in [3.63, 3.8) is 0 Å². The van der Waals surface area contributed by atoms with Crippen molar-refractivity contribution in [1.82, 2.24) is 5.32 Å². The Morgan fingerprint density at radius 2 is 1.71 bits per heavy atom. The Kier molecular flexibility index (Phi) is 7.16. The minimum absolute atomic E-state index is 0.212. The van der Waals surface area contributed by atoms with Crippen LogP contribution in [0.15, 0.2) is 82.6 Å². The summed E-state index contributed by atoms with van der Waals surface area (Å²) in [7, 11) is 1.55. The Morgan fingerprint density at radius 3 is 2.43 bits per heavy atom. The maximum Gasteiger partial charge on any atom is 0.416 e. The second-order valence-corrected chi connectivity index (χ2v) is 8.76. The number of alkyl halides is 3. The Hall–Kier alpha value is -3.72. The molecule has 0 fully saturated rings. The highest BCUT2D eigenvalue weighted by molar-refractivity contribution is 8.04. The predicted octanol–water partition coefficient (Wildman–Crippen LogP) is 5.51. The van der Waals surface area contributed by atoms with Gasteiger partial charge >= 0.3 is 6.18 Å². The molecule has 1 aliphatic rings. The molecule has 5 nitrogen and oxygen atoms in total. The molecule has 180 valence electrons. The summed E-state index contributed by atoms with van der Waals surface area (Å²) in [6.45, 7) is 0.0193. The minimum atomic E-state index is -4.44. The van der Waals surface area contributed by atoms with E-state index in [1.165, 1.54) is 34.9 Å². The fraction of sp³-hybridized carbons (Fsp3) is 0.154. The number of nitrogens with zero attached hydrogens (tertiary/aromatic N) is 1. The standard InChI is InChI=1S/C26H21F3N2O3S/c1-34-21-8-4-2-6-18(21)15-30-24(32)16-31-20-7-3-5-9-22(20)35-23(25(31)33)14-17-10-12-19(13-11-17)26(27,28)29/h2-14H,15-16H2,1H3,(H,30,32). The Morgan fingerprint density at radius 1 is 1.03 bits per heavy atom. The number of methoxy groups -OCH3 is 1. The second kappa shape index (κ2) is 10.3. The lowest BCUT2D eigenvalue weighted by molar-refractivity contribution is -0.137. The fourth-order valence-corrected chi connectivity index (χ4v) is 4.64. The largest absolute Gasteiger partial charge is 0.496 e. The number of para-hydroxylation sites is 2. The van der Waals surface area contributed by atoms with Crippen molar-refractivity contribution >= 4 is 35.3 Å². The molecule has 4 rings (SSSR count). The van der Waals surface area contributed by atoms with Crippen molar-refractivity contribution < 1.29 is 27.5 Å². The summed E-state index contributed by atoms with van der Waals surface area (Å²) in [5, 5.41) is 2.81. The molecule has 3 aromatic rings. The van der Waals surface area contributed by atoms with E-state index in [0.29, 0.717) is 21.9 Å². The summed E-state index contributed by atoms with van der Waals surface area (Å²) in [4.78, 5) is 28.5. The van der Waals surface area contributed by atoms with Crippen molar-refractivity contribution in [2.45, 2.75) is 17.6 Å². The monoisotopic (exact) mass is 498 g/mol. The van der Waals surface area contributed by atoms with Gasteiger partial charge in [0.05, 0.1) is 23.3 Å². The van der Waals surface area contributed by atoms with E-state index in [1.807, 2.05) is 30.3 Å². The molecule has 0 radical (unpaired) electrons. The number of carbonyl (C=O) groups is 2. The van der Waals surface area contributed by atoms with E-state index in [9.17, 15) is 22.8 Å². The number of nitrogens with one attached hydrogen (secondary N) is 1. The summed E-state index contributed by atoms with van der Waals surface area (Å²) in [5.41, 5.74) is 1.08. The average Bonchev–Trinajstić information content (AvgIpc) is 2.85. The van der Waals surface area contributed by atoms with Gasteiger partial charge in [0.2, 0.25) is 5.91 Å². The van der Waals surface area contributed by atoms with Gasteiger partial charge in [-0.1, -0.05) is 54.2 Å². The zero-order chi connectivity index (χ0) is 25.0. The Bertz CT molecular complexity index is 1270. The third-order valence-electron chi connectivity index (χ3n) is 5.34. The van der Waals surface area contributed by atoms with Crippen molar-refractivity contribution in [1.29, 1.82) is 0 Å². The van der Waals surface area contributed by atoms with Crippen LogP contribution in [0, 0.1) is 0 Å². The van der Waals surface area contributed by atoms with E-state index in [-0.39, 0.29) is 19.0 Å². The van der Waals surface area contributed by atoms with Gasteiger partial charge in [-0.05, 0) is 42.0 Å². The molecule has 0 spiro atoms. The summed E-state index contributed by atoms with van der Waals surface area (Å²) in [6, 6.07) is 19.0. The summed E-state index contributed by atoms with van der Waals surface area (Å²) < 4.78 is 43.9. The molecule has 9 heteroatoms. The van der Waals surface area contributed by atoms with Gasteiger partial charge in [0.1, 0.15) is 12.3 Å². The molecule has 2 amide bonds.